The van der Waals surface area contributed by atoms with Crippen molar-refractivity contribution >= 4 is 16.8 Å². The van der Waals surface area contributed by atoms with E-state index in [1.54, 1.807) is 4.90 Å². The Bertz CT molecular complexity index is 1070. The molecular weight excluding hydrogens is 342 g/mol. The molecule has 0 saturated carbocycles. The molecule has 1 aliphatic heterocycles. The molecule has 0 spiro atoms. The molecular formula is C20H23N5O2. The summed E-state index contributed by atoms with van der Waals surface area (Å²) in [5, 5.41) is 9.23. The number of para-hydroxylation sites is 1. The Morgan fingerprint density at radius 3 is 2.85 bits per heavy atom. The van der Waals surface area contributed by atoms with Crippen molar-refractivity contribution in [3.8, 4) is 0 Å². The zero-order valence-electron chi connectivity index (χ0n) is 15.8. The largest absolute Gasteiger partial charge is 0.329 e. The van der Waals surface area contributed by atoms with Gasteiger partial charge in [-0.15, -0.1) is 10.2 Å². The van der Waals surface area contributed by atoms with Crippen molar-refractivity contribution < 1.29 is 4.79 Å². The molecule has 1 amide bonds. The van der Waals surface area contributed by atoms with Crippen molar-refractivity contribution in [1.29, 1.82) is 0 Å². The van der Waals surface area contributed by atoms with Crippen LogP contribution in [-0.2, 0) is 6.54 Å². The Balaban J connectivity index is 1.74. The summed E-state index contributed by atoms with van der Waals surface area (Å²) in [5.74, 6) is 2.02. The fourth-order valence-corrected chi connectivity index (χ4v) is 4.00. The Kier molecular flexibility index (Phi) is 4.30. The second-order valence-corrected chi connectivity index (χ2v) is 7.60. The van der Waals surface area contributed by atoms with Gasteiger partial charge in [0.25, 0.3) is 5.91 Å². The van der Waals surface area contributed by atoms with Gasteiger partial charge in [-0.1, -0.05) is 32.0 Å². The van der Waals surface area contributed by atoms with Gasteiger partial charge in [0.15, 0.2) is 5.82 Å². The molecule has 1 atom stereocenters. The van der Waals surface area contributed by atoms with E-state index in [0.717, 1.165) is 23.5 Å². The average molecular weight is 365 g/mol. The van der Waals surface area contributed by atoms with Crippen molar-refractivity contribution in [2.45, 2.75) is 39.8 Å². The zero-order valence-corrected chi connectivity index (χ0v) is 15.8. The standard InChI is InChI=1S/C20H23N5O2/c1-12(2)8-14-10-24(11-18-23-22-13(3)25(14)18)20(27)16-9-19(26)21-17-7-5-4-6-15(16)17/h4-7,9,12,14H,8,10-11H2,1-3H3,(H,21,26)/t14-/m0/s1. The van der Waals surface area contributed by atoms with Crippen LogP contribution in [0.2, 0.25) is 0 Å². The van der Waals surface area contributed by atoms with Gasteiger partial charge in [0.05, 0.1) is 18.2 Å². The Hall–Kier alpha value is -2.96. The number of benzene rings is 1. The van der Waals surface area contributed by atoms with Gasteiger partial charge in [-0.3, -0.25) is 9.59 Å². The van der Waals surface area contributed by atoms with Crippen LogP contribution in [0.4, 0.5) is 0 Å². The molecule has 0 aliphatic carbocycles. The number of fused-ring (bicyclic) bond motifs is 2. The number of amides is 1. The quantitative estimate of drug-likeness (QED) is 0.773. The SMILES string of the molecule is Cc1nnc2n1[C@@H](CC(C)C)CN(C(=O)c1cc(=O)[nH]c3ccccc13)C2. The van der Waals surface area contributed by atoms with Crippen LogP contribution in [-0.4, -0.2) is 37.1 Å². The first kappa shape index (κ1) is 17.5. The molecule has 27 heavy (non-hydrogen) atoms. The van der Waals surface area contributed by atoms with E-state index in [1.165, 1.54) is 6.07 Å². The minimum absolute atomic E-state index is 0.140. The number of carbonyl (C=O) groups excluding carboxylic acids is 1. The van der Waals surface area contributed by atoms with Crippen LogP contribution in [0, 0.1) is 12.8 Å². The highest BCUT2D eigenvalue weighted by Gasteiger charge is 2.32. The molecule has 7 nitrogen and oxygen atoms in total. The van der Waals surface area contributed by atoms with Crippen molar-refractivity contribution in [3.63, 3.8) is 0 Å². The number of aryl methyl sites for hydroxylation is 1. The van der Waals surface area contributed by atoms with Gasteiger partial charge < -0.3 is 14.5 Å². The summed E-state index contributed by atoms with van der Waals surface area (Å²) in [5.41, 5.74) is 0.831. The van der Waals surface area contributed by atoms with E-state index in [4.69, 9.17) is 0 Å². The maximum atomic E-state index is 13.3. The molecule has 0 unspecified atom stereocenters. The third-order valence-corrected chi connectivity index (χ3v) is 5.08. The summed E-state index contributed by atoms with van der Waals surface area (Å²) in [6.07, 6.45) is 0.936. The normalized spacial score (nSPS) is 16.7. The summed E-state index contributed by atoms with van der Waals surface area (Å²) >= 11 is 0. The van der Waals surface area contributed by atoms with Crippen molar-refractivity contribution in [3.05, 3.63) is 57.9 Å². The van der Waals surface area contributed by atoms with E-state index in [-0.39, 0.29) is 17.5 Å². The number of nitrogens with zero attached hydrogens (tertiary/aromatic N) is 4. The van der Waals surface area contributed by atoms with Crippen LogP contribution in [0.15, 0.2) is 35.1 Å². The number of carbonyl (C=O) groups is 1. The average Bonchev–Trinajstić information content (AvgIpc) is 3.01. The highest BCUT2D eigenvalue weighted by atomic mass is 16.2. The fourth-order valence-electron chi connectivity index (χ4n) is 4.00. The minimum atomic E-state index is -0.271. The molecule has 4 rings (SSSR count). The minimum Gasteiger partial charge on any atom is -0.329 e. The molecule has 7 heteroatoms. The number of hydrogen-bond acceptors (Lipinski definition) is 4. The van der Waals surface area contributed by atoms with Gasteiger partial charge >= 0.3 is 0 Å². The Morgan fingerprint density at radius 2 is 2.07 bits per heavy atom. The van der Waals surface area contributed by atoms with E-state index >= 15 is 0 Å². The highest BCUT2D eigenvalue weighted by molar-refractivity contribution is 6.05. The molecule has 140 valence electrons. The molecule has 3 heterocycles. The van der Waals surface area contributed by atoms with Gasteiger partial charge in [0.1, 0.15) is 5.82 Å². The number of hydrogen-bond donors (Lipinski definition) is 1. The maximum absolute atomic E-state index is 13.3. The number of H-pyrrole nitrogens is 1. The second kappa shape index (κ2) is 6.64. The van der Waals surface area contributed by atoms with Crippen LogP contribution in [0.3, 0.4) is 0 Å². The van der Waals surface area contributed by atoms with E-state index in [9.17, 15) is 9.59 Å². The topological polar surface area (TPSA) is 83.9 Å². The van der Waals surface area contributed by atoms with E-state index in [1.807, 2.05) is 31.2 Å². The lowest BCUT2D eigenvalue weighted by Crippen LogP contribution is -2.42. The monoisotopic (exact) mass is 365 g/mol. The molecule has 0 fully saturated rings. The third-order valence-electron chi connectivity index (χ3n) is 5.08. The molecule has 1 aliphatic rings. The lowest BCUT2D eigenvalue weighted by atomic mass is 10.0. The lowest BCUT2D eigenvalue weighted by molar-refractivity contribution is 0.0662. The van der Waals surface area contributed by atoms with Crippen LogP contribution in [0.25, 0.3) is 10.9 Å². The van der Waals surface area contributed by atoms with Gasteiger partial charge in [0.2, 0.25) is 5.56 Å². The molecule has 0 bridgehead atoms. The smallest absolute Gasteiger partial charge is 0.255 e. The first-order valence-electron chi connectivity index (χ1n) is 9.25. The summed E-state index contributed by atoms with van der Waals surface area (Å²) in [6, 6.07) is 8.92. The molecule has 3 aromatic rings. The highest BCUT2D eigenvalue weighted by Crippen LogP contribution is 2.28. The predicted octanol–water partition coefficient (Wildman–Crippen LogP) is 2.67. The summed E-state index contributed by atoms with van der Waals surface area (Å²) in [4.78, 5) is 30.0. The lowest BCUT2D eigenvalue weighted by Gasteiger charge is -2.35. The summed E-state index contributed by atoms with van der Waals surface area (Å²) in [6.45, 7) is 7.28. The number of pyridine rings is 1. The third kappa shape index (κ3) is 3.13. The Morgan fingerprint density at radius 1 is 1.30 bits per heavy atom. The van der Waals surface area contributed by atoms with E-state index in [0.29, 0.717) is 30.1 Å². The van der Waals surface area contributed by atoms with Crippen molar-refractivity contribution in [1.82, 2.24) is 24.6 Å². The number of aromatic nitrogens is 4. The van der Waals surface area contributed by atoms with E-state index < -0.39 is 0 Å². The van der Waals surface area contributed by atoms with Crippen LogP contribution < -0.4 is 5.56 Å². The van der Waals surface area contributed by atoms with Crippen molar-refractivity contribution in [2.24, 2.45) is 5.92 Å². The number of nitrogens with one attached hydrogen (secondary N) is 1. The van der Waals surface area contributed by atoms with E-state index in [2.05, 4.69) is 33.6 Å². The van der Waals surface area contributed by atoms with Crippen molar-refractivity contribution in [2.75, 3.05) is 6.54 Å². The molecule has 1 N–H and O–H groups in total. The zero-order chi connectivity index (χ0) is 19.1. The Labute approximate surface area is 157 Å². The summed E-state index contributed by atoms with van der Waals surface area (Å²) in [7, 11) is 0. The van der Waals surface area contributed by atoms with Gasteiger partial charge in [-0.05, 0) is 25.3 Å². The van der Waals surface area contributed by atoms with Crippen LogP contribution in [0.1, 0.15) is 48.3 Å². The maximum Gasteiger partial charge on any atom is 0.255 e. The molecule has 2 aromatic heterocycles. The first-order chi connectivity index (χ1) is 12.9. The van der Waals surface area contributed by atoms with Crippen LogP contribution in [0.5, 0.6) is 0 Å². The second-order valence-electron chi connectivity index (χ2n) is 7.60. The molecule has 0 saturated heterocycles. The first-order valence-corrected chi connectivity index (χ1v) is 9.25. The predicted molar refractivity (Wildman–Crippen MR) is 103 cm³/mol. The molecule has 1 aromatic carbocycles. The number of aromatic amines is 1. The van der Waals surface area contributed by atoms with Gasteiger partial charge in [0, 0.05) is 23.5 Å². The summed E-state index contributed by atoms with van der Waals surface area (Å²) < 4.78 is 2.15. The number of rotatable bonds is 3. The van der Waals surface area contributed by atoms with Gasteiger partial charge in [-0.2, -0.15) is 0 Å². The van der Waals surface area contributed by atoms with Crippen LogP contribution >= 0.6 is 0 Å². The van der Waals surface area contributed by atoms with Gasteiger partial charge in [-0.25, -0.2) is 0 Å². The molecule has 0 radical (unpaired) electrons. The fraction of sp³-hybridized carbons (Fsp3) is 0.400.